The van der Waals surface area contributed by atoms with Gasteiger partial charge in [0.15, 0.2) is 0 Å². The zero-order chi connectivity index (χ0) is 13.7. The summed E-state index contributed by atoms with van der Waals surface area (Å²) in [4.78, 5) is 0. The molecule has 1 aromatic rings. The van der Waals surface area contributed by atoms with Crippen LogP contribution in [0.3, 0.4) is 0 Å². The summed E-state index contributed by atoms with van der Waals surface area (Å²) in [6.45, 7) is 9.52. The van der Waals surface area contributed by atoms with E-state index in [0.29, 0.717) is 12.0 Å². The summed E-state index contributed by atoms with van der Waals surface area (Å²) in [5, 5.41) is 7.96. The van der Waals surface area contributed by atoms with Gasteiger partial charge in [0.2, 0.25) is 0 Å². The zero-order valence-electron chi connectivity index (χ0n) is 12.4. The third-order valence-corrected chi connectivity index (χ3v) is 3.76. The van der Waals surface area contributed by atoms with Gasteiger partial charge in [0.1, 0.15) is 0 Å². The molecule has 1 aliphatic heterocycles. The van der Waals surface area contributed by atoms with Crippen LogP contribution in [-0.4, -0.2) is 29.5 Å². The maximum absolute atomic E-state index is 6.01. The van der Waals surface area contributed by atoms with Gasteiger partial charge >= 0.3 is 0 Å². The van der Waals surface area contributed by atoms with E-state index in [9.17, 15) is 0 Å². The van der Waals surface area contributed by atoms with Gasteiger partial charge in [-0.2, -0.15) is 5.10 Å². The molecule has 1 aromatic heterocycles. The van der Waals surface area contributed by atoms with Crippen LogP contribution in [0.25, 0.3) is 0 Å². The average molecular weight is 265 g/mol. The van der Waals surface area contributed by atoms with Crippen molar-refractivity contribution >= 4 is 0 Å². The maximum atomic E-state index is 6.01. The van der Waals surface area contributed by atoms with E-state index in [4.69, 9.17) is 4.74 Å². The molecule has 4 heteroatoms. The summed E-state index contributed by atoms with van der Waals surface area (Å²) < 4.78 is 8.02. The first kappa shape index (κ1) is 14.5. The largest absolute Gasteiger partial charge is 0.373 e. The van der Waals surface area contributed by atoms with E-state index in [2.05, 4.69) is 37.4 Å². The Kier molecular flexibility index (Phi) is 5.40. The van der Waals surface area contributed by atoms with Crippen molar-refractivity contribution in [3.05, 3.63) is 18.0 Å². The minimum absolute atomic E-state index is 0.214. The first-order chi connectivity index (χ1) is 9.22. The molecule has 1 fully saturated rings. The van der Waals surface area contributed by atoms with Crippen molar-refractivity contribution in [1.82, 2.24) is 15.1 Å². The highest BCUT2D eigenvalue weighted by Gasteiger charge is 2.28. The number of aromatic nitrogens is 2. The van der Waals surface area contributed by atoms with Crippen LogP contribution in [0.2, 0.25) is 0 Å². The molecule has 0 bridgehead atoms. The molecular formula is C15H27N3O. The molecule has 1 saturated heterocycles. The van der Waals surface area contributed by atoms with Gasteiger partial charge in [-0.1, -0.05) is 6.92 Å². The van der Waals surface area contributed by atoms with Gasteiger partial charge in [-0.15, -0.1) is 0 Å². The third kappa shape index (κ3) is 3.80. The molecule has 2 rings (SSSR count). The Hall–Kier alpha value is -0.870. The van der Waals surface area contributed by atoms with E-state index < -0.39 is 0 Å². The van der Waals surface area contributed by atoms with Crippen molar-refractivity contribution in [1.29, 1.82) is 0 Å². The number of rotatable bonds is 6. The SMILES string of the molecule is CCCNCC1CCCOC1c1cnn(C(C)C)c1. The minimum atomic E-state index is 0.214. The van der Waals surface area contributed by atoms with E-state index >= 15 is 0 Å². The highest BCUT2D eigenvalue weighted by Crippen LogP contribution is 2.33. The van der Waals surface area contributed by atoms with Gasteiger partial charge in [-0.3, -0.25) is 4.68 Å². The predicted octanol–water partition coefficient (Wildman–Crippen LogP) is 2.93. The normalized spacial score (nSPS) is 24.0. The molecule has 19 heavy (non-hydrogen) atoms. The van der Waals surface area contributed by atoms with Crippen LogP contribution >= 0.6 is 0 Å². The van der Waals surface area contributed by atoms with E-state index in [1.807, 2.05) is 10.9 Å². The molecule has 1 aliphatic rings. The molecule has 0 amide bonds. The summed E-state index contributed by atoms with van der Waals surface area (Å²) in [5.74, 6) is 0.574. The molecule has 0 radical (unpaired) electrons. The highest BCUT2D eigenvalue weighted by atomic mass is 16.5. The number of ether oxygens (including phenoxy) is 1. The topological polar surface area (TPSA) is 39.1 Å². The summed E-state index contributed by atoms with van der Waals surface area (Å²) in [6.07, 6.45) is 7.94. The van der Waals surface area contributed by atoms with E-state index in [1.165, 1.54) is 24.8 Å². The minimum Gasteiger partial charge on any atom is -0.373 e. The molecule has 2 unspecified atom stereocenters. The quantitative estimate of drug-likeness (QED) is 0.804. The van der Waals surface area contributed by atoms with E-state index in [0.717, 1.165) is 19.7 Å². The fourth-order valence-corrected chi connectivity index (χ4v) is 2.67. The van der Waals surface area contributed by atoms with Crippen molar-refractivity contribution in [2.24, 2.45) is 5.92 Å². The molecule has 108 valence electrons. The second-order valence-electron chi connectivity index (χ2n) is 5.75. The lowest BCUT2D eigenvalue weighted by Gasteiger charge is -2.31. The Morgan fingerprint density at radius 3 is 3.05 bits per heavy atom. The lowest BCUT2D eigenvalue weighted by molar-refractivity contribution is -0.0277. The molecule has 4 nitrogen and oxygen atoms in total. The van der Waals surface area contributed by atoms with Crippen molar-refractivity contribution < 1.29 is 4.74 Å². The zero-order valence-corrected chi connectivity index (χ0v) is 12.4. The van der Waals surface area contributed by atoms with Crippen LogP contribution in [0, 0.1) is 5.92 Å². The van der Waals surface area contributed by atoms with Crippen molar-refractivity contribution in [2.45, 2.75) is 52.2 Å². The number of hydrogen-bond donors (Lipinski definition) is 1. The Balaban J connectivity index is 2.01. The third-order valence-electron chi connectivity index (χ3n) is 3.76. The van der Waals surface area contributed by atoms with Gasteiger partial charge in [0, 0.05) is 36.9 Å². The molecule has 0 aliphatic carbocycles. The number of nitrogens with one attached hydrogen (secondary N) is 1. The second kappa shape index (κ2) is 7.06. The molecule has 0 aromatic carbocycles. The molecule has 0 spiro atoms. The van der Waals surface area contributed by atoms with Crippen LogP contribution < -0.4 is 5.32 Å². The van der Waals surface area contributed by atoms with Gasteiger partial charge in [0.25, 0.3) is 0 Å². The Morgan fingerprint density at radius 1 is 1.53 bits per heavy atom. The van der Waals surface area contributed by atoms with Gasteiger partial charge in [0.05, 0.1) is 12.3 Å². The summed E-state index contributed by atoms with van der Waals surface area (Å²) in [6, 6.07) is 0.411. The maximum Gasteiger partial charge on any atom is 0.0895 e. The van der Waals surface area contributed by atoms with Crippen LogP contribution in [0.4, 0.5) is 0 Å². The van der Waals surface area contributed by atoms with Gasteiger partial charge in [-0.05, 0) is 39.7 Å². The average Bonchev–Trinajstić information content (AvgIpc) is 2.89. The van der Waals surface area contributed by atoms with Crippen molar-refractivity contribution in [3.8, 4) is 0 Å². The molecule has 1 N–H and O–H groups in total. The number of hydrogen-bond acceptors (Lipinski definition) is 3. The standard InChI is InChI=1S/C15H27N3O/c1-4-7-16-9-13-6-5-8-19-15(13)14-10-17-18(11-14)12(2)3/h10-13,15-16H,4-9H2,1-3H3. The van der Waals surface area contributed by atoms with Crippen LogP contribution in [0.1, 0.15) is 57.7 Å². The predicted molar refractivity (Wildman–Crippen MR) is 77.2 cm³/mol. The molecule has 0 saturated carbocycles. The Bertz CT molecular complexity index is 375. The van der Waals surface area contributed by atoms with Crippen LogP contribution in [-0.2, 0) is 4.74 Å². The van der Waals surface area contributed by atoms with Crippen LogP contribution in [0.15, 0.2) is 12.4 Å². The highest BCUT2D eigenvalue weighted by molar-refractivity contribution is 5.11. The van der Waals surface area contributed by atoms with E-state index in [1.54, 1.807) is 0 Å². The first-order valence-corrected chi connectivity index (χ1v) is 7.58. The van der Waals surface area contributed by atoms with Crippen molar-refractivity contribution in [2.75, 3.05) is 19.7 Å². The van der Waals surface area contributed by atoms with Gasteiger partial charge in [-0.25, -0.2) is 0 Å². The fraction of sp³-hybridized carbons (Fsp3) is 0.800. The first-order valence-electron chi connectivity index (χ1n) is 7.58. The lowest BCUT2D eigenvalue weighted by Crippen LogP contribution is -2.32. The smallest absolute Gasteiger partial charge is 0.0895 e. The Morgan fingerprint density at radius 2 is 2.37 bits per heavy atom. The summed E-state index contributed by atoms with van der Waals surface area (Å²) >= 11 is 0. The second-order valence-corrected chi connectivity index (χ2v) is 5.75. The lowest BCUT2D eigenvalue weighted by atomic mass is 9.91. The van der Waals surface area contributed by atoms with Crippen LogP contribution in [0.5, 0.6) is 0 Å². The Labute approximate surface area is 116 Å². The summed E-state index contributed by atoms with van der Waals surface area (Å²) in [5.41, 5.74) is 1.23. The molecule has 2 atom stereocenters. The monoisotopic (exact) mass is 265 g/mol. The summed E-state index contributed by atoms with van der Waals surface area (Å²) in [7, 11) is 0. The fourth-order valence-electron chi connectivity index (χ4n) is 2.67. The van der Waals surface area contributed by atoms with Gasteiger partial charge < -0.3 is 10.1 Å². The molecule has 2 heterocycles. The van der Waals surface area contributed by atoms with E-state index in [-0.39, 0.29) is 6.10 Å². The molecular weight excluding hydrogens is 238 g/mol. The van der Waals surface area contributed by atoms with Crippen molar-refractivity contribution in [3.63, 3.8) is 0 Å². The number of nitrogens with zero attached hydrogens (tertiary/aromatic N) is 2.